The van der Waals surface area contributed by atoms with Crippen molar-refractivity contribution in [1.82, 2.24) is 0 Å². The third kappa shape index (κ3) is 0.989. The van der Waals surface area contributed by atoms with E-state index in [2.05, 4.69) is 6.92 Å². The van der Waals surface area contributed by atoms with Gasteiger partial charge in [0.05, 0.1) is 16.8 Å². The molecule has 2 saturated heterocycles. The highest BCUT2D eigenvalue weighted by molar-refractivity contribution is 5.13. The molecule has 0 atom stereocenters. The Morgan fingerprint density at radius 2 is 1.50 bits per heavy atom. The second-order valence-corrected chi connectivity index (χ2v) is 5.78. The third-order valence-corrected chi connectivity index (χ3v) is 4.84. The normalized spacial score (nSPS) is 50.1. The molecule has 0 amide bonds. The van der Waals surface area contributed by atoms with E-state index in [0.717, 1.165) is 38.5 Å². The topological polar surface area (TPSA) is 29.5 Å². The van der Waals surface area contributed by atoms with Crippen LogP contribution in [-0.2, 0) is 4.74 Å². The lowest BCUT2D eigenvalue weighted by Crippen LogP contribution is -2.66. The lowest BCUT2D eigenvalue weighted by atomic mass is 9.63. The largest absolute Gasteiger partial charge is 0.387 e. The first kappa shape index (κ1) is 9.17. The second kappa shape index (κ2) is 2.53. The number of hydrogen-bond acceptors (Lipinski definition) is 2. The Morgan fingerprint density at radius 3 is 2.07 bits per heavy atom. The molecule has 2 bridgehead atoms. The van der Waals surface area contributed by atoms with Crippen LogP contribution in [0.4, 0.5) is 0 Å². The van der Waals surface area contributed by atoms with Crippen LogP contribution >= 0.6 is 0 Å². The zero-order valence-corrected chi connectivity index (χ0v) is 9.01. The molecule has 80 valence electrons. The molecule has 4 fully saturated rings. The average molecular weight is 196 g/mol. The van der Waals surface area contributed by atoms with Gasteiger partial charge in [-0.05, 0) is 45.4 Å². The van der Waals surface area contributed by atoms with E-state index in [0.29, 0.717) is 0 Å². The summed E-state index contributed by atoms with van der Waals surface area (Å²) in [4.78, 5) is 0. The molecule has 2 heteroatoms. The summed E-state index contributed by atoms with van der Waals surface area (Å²) in [5.74, 6) is 0. The monoisotopic (exact) mass is 196 g/mol. The van der Waals surface area contributed by atoms with Gasteiger partial charge in [-0.25, -0.2) is 0 Å². The van der Waals surface area contributed by atoms with E-state index in [4.69, 9.17) is 4.74 Å². The molecule has 1 N–H and O–H groups in total. The summed E-state index contributed by atoms with van der Waals surface area (Å²) in [6.07, 6.45) is 8.65. The molecule has 2 heterocycles. The van der Waals surface area contributed by atoms with E-state index in [9.17, 15) is 5.11 Å². The Labute approximate surface area is 85.6 Å². The molecule has 0 radical (unpaired) electrons. The Morgan fingerprint density at radius 1 is 0.929 bits per heavy atom. The Hall–Kier alpha value is -0.0800. The third-order valence-electron chi connectivity index (χ3n) is 4.84. The molecule has 0 aromatic rings. The lowest BCUT2D eigenvalue weighted by Gasteiger charge is -2.60. The van der Waals surface area contributed by atoms with Crippen molar-refractivity contribution in [2.45, 2.75) is 75.1 Å². The number of hydrogen-bond donors (Lipinski definition) is 1. The van der Waals surface area contributed by atoms with E-state index >= 15 is 0 Å². The summed E-state index contributed by atoms with van der Waals surface area (Å²) in [5, 5.41) is 10.7. The molecule has 14 heavy (non-hydrogen) atoms. The minimum absolute atomic E-state index is 0.0782. The van der Waals surface area contributed by atoms with Gasteiger partial charge in [0, 0.05) is 0 Å². The Bertz CT molecular complexity index is 245. The molecule has 1 spiro atoms. The Kier molecular flexibility index (Phi) is 1.66. The SMILES string of the molecule is CC12CCC(O)(CC1)C1(CCCC1)O2. The van der Waals surface area contributed by atoms with Crippen LogP contribution in [0, 0.1) is 0 Å². The van der Waals surface area contributed by atoms with Gasteiger partial charge in [-0.3, -0.25) is 0 Å². The first-order valence-corrected chi connectivity index (χ1v) is 6.00. The van der Waals surface area contributed by atoms with Crippen LogP contribution < -0.4 is 0 Å². The van der Waals surface area contributed by atoms with Crippen LogP contribution in [0.2, 0.25) is 0 Å². The van der Waals surface area contributed by atoms with Gasteiger partial charge in [0.2, 0.25) is 0 Å². The highest BCUT2D eigenvalue weighted by atomic mass is 16.5. The minimum atomic E-state index is -0.485. The average Bonchev–Trinajstić information content (AvgIpc) is 2.59. The van der Waals surface area contributed by atoms with Crippen molar-refractivity contribution < 1.29 is 9.84 Å². The zero-order valence-electron chi connectivity index (χ0n) is 9.01. The van der Waals surface area contributed by atoms with E-state index < -0.39 is 5.60 Å². The molecule has 2 aliphatic heterocycles. The highest BCUT2D eigenvalue weighted by Crippen LogP contribution is 2.57. The van der Waals surface area contributed by atoms with Crippen LogP contribution in [0.3, 0.4) is 0 Å². The predicted molar refractivity (Wildman–Crippen MR) is 54.1 cm³/mol. The van der Waals surface area contributed by atoms with Crippen molar-refractivity contribution in [3.05, 3.63) is 0 Å². The number of ether oxygens (including phenoxy) is 1. The first-order valence-electron chi connectivity index (χ1n) is 6.00. The molecule has 0 aromatic carbocycles. The predicted octanol–water partition coefficient (Wildman–Crippen LogP) is 2.39. The van der Waals surface area contributed by atoms with Gasteiger partial charge in [0.25, 0.3) is 0 Å². The van der Waals surface area contributed by atoms with Crippen LogP contribution in [0.25, 0.3) is 0 Å². The van der Waals surface area contributed by atoms with Gasteiger partial charge in [0.1, 0.15) is 0 Å². The molecule has 4 aliphatic rings. The molecule has 4 rings (SSSR count). The smallest absolute Gasteiger partial charge is 0.0975 e. The fraction of sp³-hybridized carbons (Fsp3) is 1.00. The molecule has 2 saturated carbocycles. The number of rotatable bonds is 0. The molecule has 0 aromatic heterocycles. The summed E-state index contributed by atoms with van der Waals surface area (Å²) >= 11 is 0. The van der Waals surface area contributed by atoms with Crippen molar-refractivity contribution in [3.63, 3.8) is 0 Å². The highest BCUT2D eigenvalue weighted by Gasteiger charge is 2.62. The standard InChI is InChI=1S/C12H20O2/c1-10-6-8-11(13,9-7-10)12(14-10)4-2-3-5-12/h13H,2-9H2,1H3. The van der Waals surface area contributed by atoms with Crippen molar-refractivity contribution in [1.29, 1.82) is 0 Å². The van der Waals surface area contributed by atoms with Gasteiger partial charge in [0.15, 0.2) is 0 Å². The first-order chi connectivity index (χ1) is 6.58. The molecule has 0 unspecified atom stereocenters. The fourth-order valence-electron chi connectivity index (χ4n) is 3.83. The van der Waals surface area contributed by atoms with Crippen molar-refractivity contribution >= 4 is 0 Å². The van der Waals surface area contributed by atoms with Gasteiger partial charge in [-0.2, -0.15) is 0 Å². The fourth-order valence-corrected chi connectivity index (χ4v) is 3.83. The van der Waals surface area contributed by atoms with Crippen LogP contribution in [0.15, 0.2) is 0 Å². The van der Waals surface area contributed by atoms with Crippen molar-refractivity contribution in [2.24, 2.45) is 0 Å². The van der Waals surface area contributed by atoms with Gasteiger partial charge in [-0.1, -0.05) is 12.8 Å². The maximum absolute atomic E-state index is 10.7. The molecule has 2 aliphatic carbocycles. The number of fused-ring (bicyclic) bond motifs is 2. The summed E-state index contributed by atoms with van der Waals surface area (Å²) < 4.78 is 6.27. The van der Waals surface area contributed by atoms with Crippen LogP contribution in [-0.4, -0.2) is 21.9 Å². The van der Waals surface area contributed by atoms with E-state index in [1.165, 1.54) is 12.8 Å². The maximum Gasteiger partial charge on any atom is 0.0975 e. The molecular formula is C12H20O2. The van der Waals surface area contributed by atoms with E-state index in [-0.39, 0.29) is 11.2 Å². The summed E-state index contributed by atoms with van der Waals surface area (Å²) in [6.45, 7) is 2.23. The van der Waals surface area contributed by atoms with Crippen LogP contribution in [0.5, 0.6) is 0 Å². The quantitative estimate of drug-likeness (QED) is 0.644. The van der Waals surface area contributed by atoms with Gasteiger partial charge >= 0.3 is 0 Å². The zero-order chi connectivity index (χ0) is 9.86. The molecular weight excluding hydrogens is 176 g/mol. The number of aliphatic hydroxyl groups is 1. The van der Waals surface area contributed by atoms with E-state index in [1.807, 2.05) is 0 Å². The van der Waals surface area contributed by atoms with Crippen LogP contribution in [0.1, 0.15) is 58.3 Å². The Balaban J connectivity index is 1.98. The summed E-state index contributed by atoms with van der Waals surface area (Å²) in [7, 11) is 0. The lowest BCUT2D eigenvalue weighted by molar-refractivity contribution is -0.308. The second-order valence-electron chi connectivity index (χ2n) is 5.78. The summed E-state index contributed by atoms with van der Waals surface area (Å²) in [5.41, 5.74) is -0.561. The van der Waals surface area contributed by atoms with Gasteiger partial charge < -0.3 is 9.84 Å². The molecule has 2 nitrogen and oxygen atoms in total. The van der Waals surface area contributed by atoms with E-state index in [1.54, 1.807) is 0 Å². The van der Waals surface area contributed by atoms with Crippen molar-refractivity contribution in [3.8, 4) is 0 Å². The maximum atomic E-state index is 10.7. The van der Waals surface area contributed by atoms with Crippen molar-refractivity contribution in [2.75, 3.05) is 0 Å². The minimum Gasteiger partial charge on any atom is -0.387 e. The summed E-state index contributed by atoms with van der Waals surface area (Å²) in [6, 6.07) is 0. The van der Waals surface area contributed by atoms with Gasteiger partial charge in [-0.15, -0.1) is 0 Å².